The van der Waals surface area contributed by atoms with E-state index in [1.54, 1.807) is 12.5 Å². The molecule has 1 aromatic heterocycles. The molecule has 1 saturated carbocycles. The van der Waals surface area contributed by atoms with E-state index in [-0.39, 0.29) is 11.8 Å². The average molecular weight is 223 g/mol. The number of nitrogens with one attached hydrogen (secondary N) is 2. The Morgan fingerprint density at radius 2 is 2.38 bits per heavy atom. The summed E-state index contributed by atoms with van der Waals surface area (Å²) in [6.45, 7) is 0.504. The lowest BCUT2D eigenvalue weighted by molar-refractivity contribution is -0.140. The molecular weight excluding hydrogens is 210 g/mol. The Bertz CT molecular complexity index is 388. The molecule has 1 aromatic rings. The third-order valence-electron chi connectivity index (χ3n) is 2.69. The fraction of sp³-hybridized carbons (Fsp3) is 0.500. The van der Waals surface area contributed by atoms with Gasteiger partial charge in [0.05, 0.1) is 18.2 Å². The Morgan fingerprint density at radius 1 is 1.56 bits per heavy atom. The summed E-state index contributed by atoms with van der Waals surface area (Å²) < 4.78 is 0. The maximum atomic E-state index is 11.4. The van der Waals surface area contributed by atoms with Gasteiger partial charge >= 0.3 is 5.97 Å². The maximum Gasteiger partial charge on any atom is 0.307 e. The fourth-order valence-corrected chi connectivity index (χ4v) is 1.63. The summed E-state index contributed by atoms with van der Waals surface area (Å²) >= 11 is 0. The monoisotopic (exact) mass is 223 g/mol. The van der Waals surface area contributed by atoms with Crippen LogP contribution >= 0.6 is 0 Å². The molecule has 0 unspecified atom stereocenters. The van der Waals surface area contributed by atoms with Gasteiger partial charge in [0, 0.05) is 24.9 Å². The molecule has 1 aliphatic carbocycles. The second-order valence-electron chi connectivity index (χ2n) is 3.90. The number of aromatic amines is 1. The van der Waals surface area contributed by atoms with Crippen LogP contribution < -0.4 is 5.32 Å². The molecule has 0 aromatic carbocycles. The standard InChI is InChI=1S/C10H13N3O3/c14-9(7-3-8(7)10(15)16)12-2-1-6-4-11-5-13-6/h4-5,7-8H,1-3H2,(H,11,13)(H,12,14)(H,15,16)/t7-,8+/m1/s1. The number of rotatable bonds is 5. The Hall–Kier alpha value is -1.85. The molecule has 1 fully saturated rings. The molecule has 0 bridgehead atoms. The highest BCUT2D eigenvalue weighted by Crippen LogP contribution is 2.38. The zero-order valence-electron chi connectivity index (χ0n) is 8.64. The normalized spacial score (nSPS) is 22.8. The van der Waals surface area contributed by atoms with E-state index in [1.165, 1.54) is 0 Å². The number of carbonyl (C=O) groups excluding carboxylic acids is 1. The van der Waals surface area contributed by atoms with Gasteiger partial charge in [-0.1, -0.05) is 0 Å². The molecule has 86 valence electrons. The molecule has 0 saturated heterocycles. The highest BCUT2D eigenvalue weighted by molar-refractivity contribution is 5.89. The molecule has 1 heterocycles. The van der Waals surface area contributed by atoms with Gasteiger partial charge in [0.25, 0.3) is 0 Å². The first-order chi connectivity index (χ1) is 7.68. The van der Waals surface area contributed by atoms with Crippen LogP contribution in [0.4, 0.5) is 0 Å². The molecule has 1 amide bonds. The molecule has 0 aliphatic heterocycles. The number of aromatic nitrogens is 2. The molecule has 0 spiro atoms. The van der Waals surface area contributed by atoms with Crippen LogP contribution in [0.2, 0.25) is 0 Å². The summed E-state index contributed by atoms with van der Waals surface area (Å²) in [5.41, 5.74) is 0.950. The van der Waals surface area contributed by atoms with E-state index in [2.05, 4.69) is 15.3 Å². The highest BCUT2D eigenvalue weighted by atomic mass is 16.4. The topological polar surface area (TPSA) is 95.1 Å². The fourth-order valence-electron chi connectivity index (χ4n) is 1.63. The van der Waals surface area contributed by atoms with Crippen molar-refractivity contribution in [2.24, 2.45) is 11.8 Å². The Balaban J connectivity index is 1.68. The van der Waals surface area contributed by atoms with Crippen LogP contribution in [0.5, 0.6) is 0 Å². The van der Waals surface area contributed by atoms with Crippen LogP contribution in [0.15, 0.2) is 12.5 Å². The van der Waals surface area contributed by atoms with Crippen molar-refractivity contribution in [3.05, 3.63) is 18.2 Å². The summed E-state index contributed by atoms with van der Waals surface area (Å²) in [6, 6.07) is 0. The van der Waals surface area contributed by atoms with Crippen LogP contribution in [0.3, 0.4) is 0 Å². The Kier molecular flexibility index (Phi) is 2.89. The van der Waals surface area contributed by atoms with Gasteiger partial charge < -0.3 is 15.4 Å². The Labute approximate surface area is 92.1 Å². The summed E-state index contributed by atoms with van der Waals surface area (Å²) in [5.74, 6) is -1.85. The number of nitrogens with zero attached hydrogens (tertiary/aromatic N) is 1. The number of carboxylic acids is 1. The lowest BCUT2D eigenvalue weighted by Gasteiger charge is -2.02. The first-order valence-corrected chi connectivity index (χ1v) is 5.16. The number of H-pyrrole nitrogens is 1. The van der Waals surface area contributed by atoms with E-state index in [0.29, 0.717) is 19.4 Å². The minimum Gasteiger partial charge on any atom is -0.481 e. The van der Waals surface area contributed by atoms with Crippen molar-refractivity contribution in [2.45, 2.75) is 12.8 Å². The summed E-state index contributed by atoms with van der Waals surface area (Å²) in [4.78, 5) is 28.8. The van der Waals surface area contributed by atoms with Crippen molar-refractivity contribution in [1.29, 1.82) is 0 Å². The molecule has 3 N–H and O–H groups in total. The van der Waals surface area contributed by atoms with E-state index in [9.17, 15) is 9.59 Å². The SMILES string of the molecule is O=C(O)[C@H]1C[C@H]1C(=O)NCCc1cnc[nH]1. The largest absolute Gasteiger partial charge is 0.481 e. The van der Waals surface area contributed by atoms with Crippen molar-refractivity contribution in [3.8, 4) is 0 Å². The quantitative estimate of drug-likeness (QED) is 0.643. The van der Waals surface area contributed by atoms with Crippen molar-refractivity contribution < 1.29 is 14.7 Å². The van der Waals surface area contributed by atoms with Gasteiger partial charge in [-0.3, -0.25) is 9.59 Å². The van der Waals surface area contributed by atoms with Gasteiger partial charge in [0.15, 0.2) is 0 Å². The minimum atomic E-state index is -0.881. The van der Waals surface area contributed by atoms with E-state index in [1.807, 2.05) is 0 Å². The number of amides is 1. The number of imidazole rings is 1. The maximum absolute atomic E-state index is 11.4. The molecule has 6 nitrogen and oxygen atoms in total. The zero-order valence-corrected chi connectivity index (χ0v) is 8.64. The third kappa shape index (κ3) is 2.39. The lowest BCUT2D eigenvalue weighted by atomic mass is 10.3. The van der Waals surface area contributed by atoms with Crippen molar-refractivity contribution in [3.63, 3.8) is 0 Å². The first kappa shape index (κ1) is 10.7. The Morgan fingerprint density at radius 3 is 2.94 bits per heavy atom. The third-order valence-corrected chi connectivity index (χ3v) is 2.69. The van der Waals surface area contributed by atoms with Crippen molar-refractivity contribution in [2.75, 3.05) is 6.54 Å². The van der Waals surface area contributed by atoms with Gasteiger partial charge in [-0.05, 0) is 6.42 Å². The lowest BCUT2D eigenvalue weighted by Crippen LogP contribution is -2.28. The van der Waals surface area contributed by atoms with Crippen molar-refractivity contribution >= 4 is 11.9 Å². The van der Waals surface area contributed by atoms with Crippen LogP contribution in [0.1, 0.15) is 12.1 Å². The van der Waals surface area contributed by atoms with E-state index >= 15 is 0 Å². The number of carboxylic acid groups (broad SMARTS) is 1. The summed E-state index contributed by atoms with van der Waals surface area (Å²) in [5, 5.41) is 11.4. The molecule has 2 atom stereocenters. The molecule has 2 rings (SSSR count). The summed E-state index contributed by atoms with van der Waals surface area (Å²) in [6.07, 6.45) is 4.42. The highest BCUT2D eigenvalue weighted by Gasteiger charge is 2.48. The first-order valence-electron chi connectivity index (χ1n) is 5.16. The predicted molar refractivity (Wildman–Crippen MR) is 54.5 cm³/mol. The van der Waals surface area contributed by atoms with Crippen LogP contribution in [-0.4, -0.2) is 33.5 Å². The average Bonchev–Trinajstić information content (AvgIpc) is 2.90. The van der Waals surface area contributed by atoms with Gasteiger partial charge in [-0.2, -0.15) is 0 Å². The van der Waals surface area contributed by atoms with Crippen LogP contribution in [0.25, 0.3) is 0 Å². The van der Waals surface area contributed by atoms with Crippen molar-refractivity contribution in [1.82, 2.24) is 15.3 Å². The van der Waals surface area contributed by atoms with Gasteiger partial charge in [0.1, 0.15) is 0 Å². The second-order valence-corrected chi connectivity index (χ2v) is 3.90. The molecule has 0 radical (unpaired) electrons. The number of hydrogen-bond acceptors (Lipinski definition) is 3. The predicted octanol–water partition coefficient (Wildman–Crippen LogP) is -0.211. The molecule has 6 heteroatoms. The van der Waals surface area contributed by atoms with E-state index < -0.39 is 11.9 Å². The molecular formula is C10H13N3O3. The summed E-state index contributed by atoms with van der Waals surface area (Å²) in [7, 11) is 0. The molecule has 16 heavy (non-hydrogen) atoms. The van der Waals surface area contributed by atoms with Crippen LogP contribution in [-0.2, 0) is 16.0 Å². The number of hydrogen-bond donors (Lipinski definition) is 3. The van der Waals surface area contributed by atoms with E-state index in [0.717, 1.165) is 5.69 Å². The smallest absolute Gasteiger partial charge is 0.307 e. The molecule has 1 aliphatic rings. The van der Waals surface area contributed by atoms with E-state index in [4.69, 9.17) is 5.11 Å². The zero-order chi connectivity index (χ0) is 11.5. The number of aliphatic carboxylic acids is 1. The van der Waals surface area contributed by atoms with Gasteiger partial charge in [-0.15, -0.1) is 0 Å². The second kappa shape index (κ2) is 4.34. The van der Waals surface area contributed by atoms with Crippen LogP contribution in [0, 0.1) is 11.8 Å². The minimum absolute atomic E-state index is 0.160. The van der Waals surface area contributed by atoms with Gasteiger partial charge in [-0.25, -0.2) is 4.98 Å². The number of carbonyl (C=O) groups is 2. The van der Waals surface area contributed by atoms with Gasteiger partial charge in [0.2, 0.25) is 5.91 Å².